The third-order valence-corrected chi connectivity index (χ3v) is 7.92. The zero-order valence-corrected chi connectivity index (χ0v) is 23.8. The molecule has 174 valence electrons. The second-order valence-corrected chi connectivity index (χ2v) is 11.4. The molecule has 4 rings (SSSR count). The van der Waals surface area contributed by atoms with Crippen molar-refractivity contribution < 1.29 is 9.53 Å². The molecule has 0 aromatic heterocycles. The van der Waals surface area contributed by atoms with Gasteiger partial charge in [0, 0.05) is 30.4 Å². The van der Waals surface area contributed by atoms with E-state index in [0.29, 0.717) is 26.6 Å². The fraction of sp³-hybridized carbons (Fsp3) is 0.120. The van der Waals surface area contributed by atoms with Crippen molar-refractivity contribution in [2.24, 2.45) is 0 Å². The van der Waals surface area contributed by atoms with Crippen molar-refractivity contribution in [2.45, 2.75) is 6.61 Å². The highest BCUT2D eigenvalue weighted by atomic mass is 79.9. The second kappa shape index (κ2) is 10.8. The highest BCUT2D eigenvalue weighted by molar-refractivity contribution is 9.11. The van der Waals surface area contributed by atoms with Crippen LogP contribution in [-0.4, -0.2) is 24.3 Å². The van der Waals surface area contributed by atoms with Gasteiger partial charge in [0.25, 0.3) is 5.91 Å². The quantitative estimate of drug-likeness (QED) is 0.202. The Morgan fingerprint density at radius 2 is 1.74 bits per heavy atom. The third kappa shape index (κ3) is 5.52. The van der Waals surface area contributed by atoms with E-state index < -0.39 is 0 Å². The maximum atomic E-state index is 13.1. The molecule has 0 saturated carbocycles. The topological polar surface area (TPSA) is 32.8 Å². The zero-order valence-electron chi connectivity index (χ0n) is 18.2. The number of amides is 1. The number of nitrogens with zero attached hydrogens (tertiary/aromatic N) is 2. The van der Waals surface area contributed by atoms with E-state index >= 15 is 0 Å². The summed E-state index contributed by atoms with van der Waals surface area (Å²) in [5.74, 6) is 0.518. The summed E-state index contributed by atoms with van der Waals surface area (Å²) in [5.41, 5.74) is 3.54. The van der Waals surface area contributed by atoms with Gasteiger partial charge < -0.3 is 9.64 Å². The van der Waals surface area contributed by atoms with E-state index in [-0.39, 0.29) is 5.91 Å². The molecule has 1 heterocycles. The van der Waals surface area contributed by atoms with E-state index in [4.69, 9.17) is 28.6 Å². The Morgan fingerprint density at radius 1 is 1.09 bits per heavy atom. The number of anilines is 2. The van der Waals surface area contributed by atoms with Gasteiger partial charge in [0.2, 0.25) is 0 Å². The van der Waals surface area contributed by atoms with Gasteiger partial charge in [-0.2, -0.15) is 0 Å². The van der Waals surface area contributed by atoms with Crippen LogP contribution in [0.3, 0.4) is 0 Å². The molecule has 1 aliphatic rings. The number of carbonyl (C=O) groups is 1. The van der Waals surface area contributed by atoms with Gasteiger partial charge in [0.05, 0.1) is 19.5 Å². The highest BCUT2D eigenvalue weighted by Gasteiger charge is 2.33. The van der Waals surface area contributed by atoms with Crippen LogP contribution >= 0.6 is 67.4 Å². The van der Waals surface area contributed by atoms with Crippen LogP contribution in [0.15, 0.2) is 74.5 Å². The molecule has 3 aromatic rings. The largest absolute Gasteiger partial charge is 0.486 e. The molecule has 0 aliphatic carbocycles. The van der Waals surface area contributed by atoms with Crippen molar-refractivity contribution >= 4 is 95.1 Å². The smallest absolute Gasteiger partial charge is 0.270 e. The molecule has 34 heavy (non-hydrogen) atoms. The summed E-state index contributed by atoms with van der Waals surface area (Å²) >= 11 is 20.2. The summed E-state index contributed by atoms with van der Waals surface area (Å²) < 4.78 is 8.02. The Kier molecular flexibility index (Phi) is 8.05. The van der Waals surface area contributed by atoms with Crippen molar-refractivity contribution in [2.75, 3.05) is 23.9 Å². The number of carbonyl (C=O) groups excluding carboxylic acids is 1. The minimum absolute atomic E-state index is 0.140. The number of thiocarbonyl (C=S) groups is 1. The highest BCUT2D eigenvalue weighted by Crippen LogP contribution is 2.39. The predicted octanol–water partition coefficient (Wildman–Crippen LogP) is 7.92. The lowest BCUT2D eigenvalue weighted by Crippen LogP contribution is -2.27. The van der Waals surface area contributed by atoms with Crippen molar-refractivity contribution in [1.82, 2.24) is 0 Å². The average Bonchev–Trinajstić information content (AvgIpc) is 3.07. The van der Waals surface area contributed by atoms with Crippen LogP contribution in [0, 0.1) is 0 Å². The molecule has 1 saturated heterocycles. The van der Waals surface area contributed by atoms with Crippen molar-refractivity contribution in [3.05, 3.63) is 90.7 Å². The van der Waals surface area contributed by atoms with E-state index in [1.807, 2.05) is 85.7 Å². The van der Waals surface area contributed by atoms with Crippen molar-refractivity contribution in [3.63, 3.8) is 0 Å². The number of halogens is 3. The summed E-state index contributed by atoms with van der Waals surface area (Å²) in [7, 11) is 3.95. The van der Waals surface area contributed by atoms with Gasteiger partial charge in [-0.15, -0.1) is 0 Å². The molecule has 9 heteroatoms. The number of ether oxygens (including phenoxy) is 1. The Bertz CT molecular complexity index is 1270. The Labute approximate surface area is 230 Å². The van der Waals surface area contributed by atoms with E-state index in [1.165, 1.54) is 11.8 Å². The molecule has 1 aliphatic heterocycles. The van der Waals surface area contributed by atoms with Gasteiger partial charge in [0.1, 0.15) is 12.4 Å². The van der Waals surface area contributed by atoms with Gasteiger partial charge in [-0.05, 0) is 86.0 Å². The number of thioether (sulfide) groups is 1. The number of hydrogen-bond acceptors (Lipinski definition) is 5. The molecular formula is C25H19Br2ClN2O2S2. The first-order valence-corrected chi connectivity index (χ1v) is 13.3. The lowest BCUT2D eigenvalue weighted by molar-refractivity contribution is -0.113. The summed E-state index contributed by atoms with van der Waals surface area (Å²) in [6, 6.07) is 19.1. The fourth-order valence-corrected chi connectivity index (χ4v) is 6.25. The minimum atomic E-state index is -0.140. The van der Waals surface area contributed by atoms with E-state index in [2.05, 4.69) is 31.9 Å². The Balaban J connectivity index is 1.54. The molecule has 4 nitrogen and oxygen atoms in total. The number of hydrogen-bond donors (Lipinski definition) is 0. The first-order valence-electron chi connectivity index (χ1n) is 10.1. The average molecular weight is 639 g/mol. The van der Waals surface area contributed by atoms with Crippen LogP contribution < -0.4 is 14.5 Å². The van der Waals surface area contributed by atoms with Crippen LogP contribution in [0.25, 0.3) is 6.08 Å². The molecule has 1 fully saturated rings. The lowest BCUT2D eigenvalue weighted by Gasteiger charge is -2.17. The maximum Gasteiger partial charge on any atom is 0.270 e. The summed E-state index contributed by atoms with van der Waals surface area (Å²) in [6.07, 6.45) is 1.83. The first-order chi connectivity index (χ1) is 16.2. The van der Waals surface area contributed by atoms with Crippen LogP contribution in [0.1, 0.15) is 11.1 Å². The molecular weight excluding hydrogens is 620 g/mol. The summed E-state index contributed by atoms with van der Waals surface area (Å²) in [5, 5.41) is 0.657. The van der Waals surface area contributed by atoms with Gasteiger partial charge in [0.15, 0.2) is 4.32 Å². The molecule has 0 bridgehead atoms. The molecule has 0 unspecified atom stereocenters. The van der Waals surface area contributed by atoms with Crippen molar-refractivity contribution in [1.29, 1.82) is 0 Å². The number of benzene rings is 3. The molecule has 0 atom stereocenters. The minimum Gasteiger partial charge on any atom is -0.486 e. The SMILES string of the molecule is CN(C)c1ccc(N2C(=O)/C(=C\c3cc(Br)c(OCc4ccccc4Cl)c(Br)c3)SC2=S)cc1. The van der Waals surface area contributed by atoms with E-state index in [9.17, 15) is 4.79 Å². The summed E-state index contributed by atoms with van der Waals surface area (Å²) in [6.45, 7) is 0.335. The van der Waals surface area contributed by atoms with Gasteiger partial charge in [-0.1, -0.05) is 53.8 Å². The Hall–Kier alpha value is -1.84. The predicted molar refractivity (Wildman–Crippen MR) is 154 cm³/mol. The van der Waals surface area contributed by atoms with Crippen molar-refractivity contribution in [3.8, 4) is 5.75 Å². The van der Waals surface area contributed by atoms with E-state index in [1.54, 1.807) is 4.90 Å². The standard InChI is InChI=1S/C25H19Br2ClN2O2S2/c1-29(2)17-7-9-18(10-8-17)30-24(31)22(34-25(30)33)13-15-11-19(26)23(20(27)12-15)32-14-16-5-3-4-6-21(16)28/h3-13H,14H2,1-2H3/b22-13+. The maximum absolute atomic E-state index is 13.1. The Morgan fingerprint density at radius 3 is 2.35 bits per heavy atom. The third-order valence-electron chi connectivity index (χ3n) is 5.07. The molecule has 0 radical (unpaired) electrons. The zero-order chi connectivity index (χ0) is 24.4. The first kappa shape index (κ1) is 25.3. The summed E-state index contributed by atoms with van der Waals surface area (Å²) in [4.78, 5) is 17.3. The normalized spacial score (nSPS) is 14.7. The monoisotopic (exact) mass is 636 g/mol. The molecule has 0 N–H and O–H groups in total. The number of rotatable bonds is 6. The van der Waals surface area contributed by atoms with Crippen LogP contribution in [0.4, 0.5) is 11.4 Å². The van der Waals surface area contributed by atoms with Gasteiger partial charge >= 0.3 is 0 Å². The fourth-order valence-electron chi connectivity index (χ4n) is 3.31. The lowest BCUT2D eigenvalue weighted by atomic mass is 10.2. The molecule has 1 amide bonds. The van der Waals surface area contributed by atoms with Gasteiger partial charge in [-0.3, -0.25) is 9.69 Å². The molecule has 3 aromatic carbocycles. The van der Waals surface area contributed by atoms with Crippen LogP contribution in [0.2, 0.25) is 5.02 Å². The van der Waals surface area contributed by atoms with Crippen LogP contribution in [-0.2, 0) is 11.4 Å². The van der Waals surface area contributed by atoms with Crippen LogP contribution in [0.5, 0.6) is 5.75 Å². The van der Waals surface area contributed by atoms with Gasteiger partial charge in [-0.25, -0.2) is 0 Å². The van der Waals surface area contributed by atoms with E-state index in [0.717, 1.165) is 31.4 Å². The molecule has 0 spiro atoms. The second-order valence-electron chi connectivity index (χ2n) is 7.62.